The minimum Gasteiger partial charge on any atom is -0.387 e. The molecule has 2 aromatic rings. The summed E-state index contributed by atoms with van der Waals surface area (Å²) in [6, 6.07) is 11.2. The summed E-state index contributed by atoms with van der Waals surface area (Å²) in [7, 11) is 3.93. The third kappa shape index (κ3) is 4.75. The molecule has 5 nitrogen and oxygen atoms in total. The Balaban J connectivity index is 1.76. The number of aliphatic hydroxyl groups is 1. The van der Waals surface area contributed by atoms with Crippen LogP contribution in [0.5, 0.6) is 0 Å². The average molecular weight is 319 g/mol. The van der Waals surface area contributed by atoms with Gasteiger partial charge >= 0.3 is 6.03 Å². The van der Waals surface area contributed by atoms with Crippen LogP contribution < -0.4 is 15.5 Å². The van der Waals surface area contributed by atoms with E-state index in [1.165, 1.54) is 0 Å². The topological polar surface area (TPSA) is 64.6 Å². The van der Waals surface area contributed by atoms with Crippen molar-refractivity contribution < 1.29 is 9.90 Å². The number of nitrogens with zero attached hydrogens (tertiary/aromatic N) is 1. The van der Waals surface area contributed by atoms with Crippen molar-refractivity contribution in [2.45, 2.75) is 12.6 Å². The van der Waals surface area contributed by atoms with E-state index in [0.717, 1.165) is 16.1 Å². The third-order valence-corrected chi connectivity index (χ3v) is 4.13. The first-order valence-electron chi connectivity index (χ1n) is 7.05. The number of carbonyl (C=O) groups excluding carboxylic acids is 1. The molecule has 1 aromatic carbocycles. The number of hydrogen-bond acceptors (Lipinski definition) is 4. The number of thiophene rings is 1. The van der Waals surface area contributed by atoms with Crippen molar-refractivity contribution in [1.82, 2.24) is 10.6 Å². The monoisotopic (exact) mass is 319 g/mol. The maximum absolute atomic E-state index is 11.7. The van der Waals surface area contributed by atoms with Gasteiger partial charge in [0.05, 0.1) is 12.6 Å². The van der Waals surface area contributed by atoms with E-state index < -0.39 is 6.10 Å². The number of benzene rings is 1. The number of amides is 2. The molecule has 0 aliphatic rings. The van der Waals surface area contributed by atoms with E-state index in [0.29, 0.717) is 6.54 Å². The van der Waals surface area contributed by atoms with Gasteiger partial charge in [-0.3, -0.25) is 0 Å². The molecule has 0 aliphatic heterocycles. The summed E-state index contributed by atoms with van der Waals surface area (Å²) in [5, 5.41) is 17.5. The summed E-state index contributed by atoms with van der Waals surface area (Å²) in [6.07, 6.45) is -0.719. The van der Waals surface area contributed by atoms with Gasteiger partial charge in [0.25, 0.3) is 0 Å². The first-order valence-corrected chi connectivity index (χ1v) is 7.93. The number of hydrogen-bond donors (Lipinski definition) is 3. The molecule has 2 amide bonds. The van der Waals surface area contributed by atoms with Crippen molar-refractivity contribution in [2.75, 3.05) is 25.5 Å². The van der Waals surface area contributed by atoms with Gasteiger partial charge < -0.3 is 20.6 Å². The largest absolute Gasteiger partial charge is 0.387 e. The fraction of sp³-hybridized carbons (Fsp3) is 0.312. The normalized spacial score (nSPS) is 11.8. The molecule has 22 heavy (non-hydrogen) atoms. The zero-order chi connectivity index (χ0) is 15.9. The van der Waals surface area contributed by atoms with Crippen LogP contribution in [0.25, 0.3) is 0 Å². The SMILES string of the molecule is CN(C)c1ccc(C(O)CNC(=O)NCc2cccs2)cc1. The maximum atomic E-state index is 11.7. The highest BCUT2D eigenvalue weighted by Gasteiger charge is 2.09. The standard InChI is InChI=1S/C16H21N3O2S/c1-19(2)13-7-5-12(6-8-13)15(20)11-18-16(21)17-10-14-4-3-9-22-14/h3-9,15,20H,10-11H2,1-2H3,(H2,17,18,21). The number of carbonyl (C=O) groups is 1. The van der Waals surface area contributed by atoms with E-state index in [1.807, 2.05) is 60.8 Å². The van der Waals surface area contributed by atoms with Crippen molar-refractivity contribution in [1.29, 1.82) is 0 Å². The molecule has 0 bridgehead atoms. The lowest BCUT2D eigenvalue weighted by Crippen LogP contribution is -2.37. The molecule has 1 unspecified atom stereocenters. The van der Waals surface area contributed by atoms with E-state index in [2.05, 4.69) is 10.6 Å². The Hall–Kier alpha value is -2.05. The zero-order valence-electron chi connectivity index (χ0n) is 12.7. The van der Waals surface area contributed by atoms with Gasteiger partial charge in [-0.05, 0) is 29.1 Å². The first kappa shape index (κ1) is 16.3. The van der Waals surface area contributed by atoms with E-state index in [4.69, 9.17) is 0 Å². The highest BCUT2D eigenvalue weighted by atomic mass is 32.1. The lowest BCUT2D eigenvalue weighted by Gasteiger charge is -2.16. The van der Waals surface area contributed by atoms with Crippen LogP contribution in [0.1, 0.15) is 16.5 Å². The van der Waals surface area contributed by atoms with Crippen molar-refractivity contribution in [2.24, 2.45) is 0 Å². The molecule has 0 spiro atoms. The minimum absolute atomic E-state index is 0.178. The molecule has 6 heteroatoms. The van der Waals surface area contributed by atoms with Crippen LogP contribution in [0.3, 0.4) is 0 Å². The Labute approximate surface area is 134 Å². The number of aliphatic hydroxyl groups excluding tert-OH is 1. The Morgan fingerprint density at radius 3 is 2.55 bits per heavy atom. The van der Waals surface area contributed by atoms with Gasteiger partial charge in [0.2, 0.25) is 0 Å². The molecular weight excluding hydrogens is 298 g/mol. The van der Waals surface area contributed by atoms with Crippen molar-refractivity contribution >= 4 is 23.1 Å². The predicted octanol–water partition coefficient (Wildman–Crippen LogP) is 2.35. The molecule has 118 valence electrons. The van der Waals surface area contributed by atoms with Crippen molar-refractivity contribution in [3.8, 4) is 0 Å². The van der Waals surface area contributed by atoms with Crippen LogP contribution in [0.2, 0.25) is 0 Å². The molecule has 3 N–H and O–H groups in total. The lowest BCUT2D eigenvalue weighted by atomic mass is 10.1. The summed E-state index contributed by atoms with van der Waals surface area (Å²) in [5.74, 6) is 0. The van der Waals surface area contributed by atoms with Crippen LogP contribution in [-0.2, 0) is 6.54 Å². The van der Waals surface area contributed by atoms with Gasteiger partial charge in [0.15, 0.2) is 0 Å². The Morgan fingerprint density at radius 1 is 1.23 bits per heavy atom. The van der Waals surface area contributed by atoms with Crippen LogP contribution >= 0.6 is 11.3 Å². The Kier molecular flexibility index (Phi) is 5.80. The van der Waals surface area contributed by atoms with Crippen LogP contribution in [-0.4, -0.2) is 31.8 Å². The Morgan fingerprint density at radius 2 is 1.95 bits per heavy atom. The smallest absolute Gasteiger partial charge is 0.315 e. The zero-order valence-corrected chi connectivity index (χ0v) is 13.6. The highest BCUT2D eigenvalue weighted by molar-refractivity contribution is 7.09. The number of nitrogens with one attached hydrogen (secondary N) is 2. The molecule has 2 rings (SSSR count). The van der Waals surface area contributed by atoms with E-state index in [-0.39, 0.29) is 12.6 Å². The third-order valence-electron chi connectivity index (χ3n) is 3.25. The van der Waals surface area contributed by atoms with Gasteiger partial charge in [-0.1, -0.05) is 18.2 Å². The number of rotatable bonds is 6. The maximum Gasteiger partial charge on any atom is 0.315 e. The first-order chi connectivity index (χ1) is 10.6. The highest BCUT2D eigenvalue weighted by Crippen LogP contribution is 2.17. The molecule has 0 radical (unpaired) electrons. The minimum atomic E-state index is -0.719. The van der Waals surface area contributed by atoms with Gasteiger partial charge in [0.1, 0.15) is 0 Å². The van der Waals surface area contributed by atoms with Crippen LogP contribution in [0, 0.1) is 0 Å². The van der Waals surface area contributed by atoms with Crippen LogP contribution in [0.15, 0.2) is 41.8 Å². The summed E-state index contributed by atoms with van der Waals surface area (Å²) in [5.41, 5.74) is 1.85. The fourth-order valence-electron chi connectivity index (χ4n) is 1.94. The molecule has 0 saturated heterocycles. The second-order valence-corrected chi connectivity index (χ2v) is 6.18. The summed E-state index contributed by atoms with van der Waals surface area (Å²) in [6.45, 7) is 0.675. The van der Waals surface area contributed by atoms with Gasteiger partial charge in [-0.25, -0.2) is 4.79 Å². The van der Waals surface area contributed by atoms with Crippen molar-refractivity contribution in [3.05, 3.63) is 52.2 Å². The molecule has 0 aliphatic carbocycles. The van der Waals surface area contributed by atoms with Gasteiger partial charge in [-0.15, -0.1) is 11.3 Å². The Bertz CT molecular complexity index is 582. The average Bonchev–Trinajstić information content (AvgIpc) is 3.04. The van der Waals surface area contributed by atoms with Gasteiger partial charge in [0, 0.05) is 31.2 Å². The molecule has 1 aromatic heterocycles. The fourth-order valence-corrected chi connectivity index (χ4v) is 2.59. The molecular formula is C16H21N3O2S. The summed E-state index contributed by atoms with van der Waals surface area (Å²) in [4.78, 5) is 14.8. The second-order valence-electron chi connectivity index (χ2n) is 5.14. The second kappa shape index (κ2) is 7.82. The number of urea groups is 1. The molecule has 0 fully saturated rings. The van der Waals surface area contributed by atoms with Gasteiger partial charge in [-0.2, -0.15) is 0 Å². The van der Waals surface area contributed by atoms with E-state index in [1.54, 1.807) is 11.3 Å². The predicted molar refractivity (Wildman–Crippen MR) is 90.3 cm³/mol. The van der Waals surface area contributed by atoms with Crippen molar-refractivity contribution in [3.63, 3.8) is 0 Å². The quantitative estimate of drug-likeness (QED) is 0.766. The summed E-state index contributed by atoms with van der Waals surface area (Å²) < 4.78 is 0. The summed E-state index contributed by atoms with van der Waals surface area (Å²) >= 11 is 1.59. The molecule has 0 saturated carbocycles. The van der Waals surface area contributed by atoms with E-state index in [9.17, 15) is 9.90 Å². The molecule has 1 heterocycles. The van der Waals surface area contributed by atoms with E-state index >= 15 is 0 Å². The number of anilines is 1. The van der Waals surface area contributed by atoms with Crippen LogP contribution in [0.4, 0.5) is 10.5 Å². The molecule has 1 atom stereocenters. The lowest BCUT2D eigenvalue weighted by molar-refractivity contribution is 0.173.